The maximum absolute atomic E-state index is 12.6. The van der Waals surface area contributed by atoms with Crippen molar-refractivity contribution in [3.8, 4) is 0 Å². The number of piperidine rings is 1. The summed E-state index contributed by atoms with van der Waals surface area (Å²) in [4.78, 5) is 2.24. The van der Waals surface area contributed by atoms with Crippen LogP contribution in [0.15, 0.2) is 24.3 Å². The van der Waals surface area contributed by atoms with E-state index < -0.39 is 11.7 Å². The monoisotopic (exact) mass is 301 g/mol. The summed E-state index contributed by atoms with van der Waals surface area (Å²) >= 11 is 0. The van der Waals surface area contributed by atoms with E-state index in [4.69, 9.17) is 0 Å². The normalized spacial score (nSPS) is 25.8. The number of halogens is 3. The van der Waals surface area contributed by atoms with E-state index in [2.05, 4.69) is 11.8 Å². The molecule has 1 fully saturated rings. The average Bonchev–Trinajstić information content (AvgIpc) is 2.46. The molecule has 1 aromatic rings. The van der Waals surface area contributed by atoms with Crippen LogP contribution in [0.5, 0.6) is 0 Å². The van der Waals surface area contributed by atoms with Crippen LogP contribution in [0.3, 0.4) is 0 Å². The molecule has 5 heteroatoms. The molecule has 21 heavy (non-hydrogen) atoms. The first kappa shape index (κ1) is 16.3. The van der Waals surface area contributed by atoms with Crippen molar-refractivity contribution in [1.29, 1.82) is 0 Å². The Labute approximate surface area is 123 Å². The van der Waals surface area contributed by atoms with Crippen LogP contribution < -0.4 is 0 Å². The average molecular weight is 301 g/mol. The Balaban J connectivity index is 2.11. The van der Waals surface area contributed by atoms with Crippen LogP contribution >= 0.6 is 0 Å². The summed E-state index contributed by atoms with van der Waals surface area (Å²) < 4.78 is 37.8. The van der Waals surface area contributed by atoms with Crippen LogP contribution in [0.1, 0.15) is 43.9 Å². The first-order valence-corrected chi connectivity index (χ1v) is 7.27. The smallest absolute Gasteiger partial charge is 0.396 e. The van der Waals surface area contributed by atoms with Crippen molar-refractivity contribution in [1.82, 2.24) is 4.90 Å². The summed E-state index contributed by atoms with van der Waals surface area (Å²) in [6, 6.07) is 5.44. The van der Waals surface area contributed by atoms with E-state index in [1.54, 1.807) is 12.1 Å². The van der Waals surface area contributed by atoms with E-state index in [0.29, 0.717) is 0 Å². The molecule has 1 aromatic carbocycles. The second-order valence-corrected chi connectivity index (χ2v) is 6.34. The molecule has 1 N–H and O–H groups in total. The van der Waals surface area contributed by atoms with Crippen LogP contribution in [0.4, 0.5) is 13.2 Å². The van der Waals surface area contributed by atoms with Gasteiger partial charge >= 0.3 is 6.18 Å². The fraction of sp³-hybridized carbons (Fsp3) is 0.625. The lowest BCUT2D eigenvalue weighted by atomic mass is 9.82. The van der Waals surface area contributed by atoms with Gasteiger partial charge in [0.1, 0.15) is 0 Å². The van der Waals surface area contributed by atoms with Gasteiger partial charge in [0, 0.05) is 24.6 Å². The number of benzene rings is 1. The molecule has 0 spiro atoms. The van der Waals surface area contributed by atoms with Gasteiger partial charge < -0.3 is 5.11 Å². The summed E-state index contributed by atoms with van der Waals surface area (Å²) in [6.45, 7) is 5.89. The van der Waals surface area contributed by atoms with Crippen molar-refractivity contribution in [2.24, 2.45) is 5.41 Å². The van der Waals surface area contributed by atoms with Gasteiger partial charge in [-0.25, -0.2) is 0 Å². The molecular formula is C16H22F3NO. The van der Waals surface area contributed by atoms with Gasteiger partial charge in [0.2, 0.25) is 0 Å². The highest BCUT2D eigenvalue weighted by Crippen LogP contribution is 2.35. The molecule has 118 valence electrons. The lowest BCUT2D eigenvalue weighted by Gasteiger charge is -2.42. The SMILES string of the molecule is CC(c1ccc(C(F)(F)F)cc1)N1CCCC(C)(CO)C1. The van der Waals surface area contributed by atoms with E-state index >= 15 is 0 Å². The molecule has 0 aromatic heterocycles. The zero-order valence-electron chi connectivity index (χ0n) is 12.5. The third-order valence-corrected chi connectivity index (χ3v) is 4.46. The zero-order chi connectivity index (χ0) is 15.7. The quantitative estimate of drug-likeness (QED) is 0.916. The van der Waals surface area contributed by atoms with Gasteiger partial charge in [0.05, 0.1) is 5.56 Å². The highest BCUT2D eigenvalue weighted by atomic mass is 19.4. The number of aliphatic hydroxyl groups excluding tert-OH is 1. The van der Waals surface area contributed by atoms with Crippen LogP contribution in [-0.4, -0.2) is 29.7 Å². The highest BCUT2D eigenvalue weighted by Gasteiger charge is 2.33. The summed E-state index contributed by atoms with van der Waals surface area (Å²) in [5, 5.41) is 9.49. The Bertz CT molecular complexity index is 471. The minimum Gasteiger partial charge on any atom is -0.396 e. The molecule has 0 bridgehead atoms. The van der Waals surface area contributed by atoms with E-state index in [-0.39, 0.29) is 18.1 Å². The first-order chi connectivity index (χ1) is 9.75. The number of likely N-dealkylation sites (tertiary alicyclic amines) is 1. The predicted octanol–water partition coefficient (Wildman–Crippen LogP) is 3.86. The number of aliphatic hydroxyl groups is 1. The fourth-order valence-corrected chi connectivity index (χ4v) is 2.98. The maximum Gasteiger partial charge on any atom is 0.416 e. The van der Waals surface area contributed by atoms with Crippen LogP contribution in [0, 0.1) is 5.41 Å². The Hall–Kier alpha value is -1.07. The molecule has 0 radical (unpaired) electrons. The molecule has 0 amide bonds. The minimum atomic E-state index is -4.29. The van der Waals surface area contributed by atoms with Gasteiger partial charge in [-0.2, -0.15) is 13.2 Å². The van der Waals surface area contributed by atoms with Gasteiger partial charge in [-0.3, -0.25) is 4.90 Å². The summed E-state index contributed by atoms with van der Waals surface area (Å²) in [5.74, 6) is 0. The van der Waals surface area contributed by atoms with Crippen molar-refractivity contribution in [3.05, 3.63) is 35.4 Å². The Kier molecular flexibility index (Phi) is 4.63. The summed E-state index contributed by atoms with van der Waals surface area (Å²) in [6.07, 6.45) is -2.30. The lowest BCUT2D eigenvalue weighted by Crippen LogP contribution is -2.44. The zero-order valence-corrected chi connectivity index (χ0v) is 12.5. The van der Waals surface area contributed by atoms with Crippen molar-refractivity contribution in [3.63, 3.8) is 0 Å². The van der Waals surface area contributed by atoms with E-state index in [1.807, 2.05) is 6.92 Å². The highest BCUT2D eigenvalue weighted by molar-refractivity contribution is 5.26. The standard InChI is InChI=1S/C16H22F3NO/c1-12(20-9-3-8-15(2,10-20)11-21)13-4-6-14(7-5-13)16(17,18)19/h4-7,12,21H,3,8-11H2,1-2H3. The first-order valence-electron chi connectivity index (χ1n) is 7.27. The molecule has 2 rings (SSSR count). The topological polar surface area (TPSA) is 23.5 Å². The molecule has 1 saturated heterocycles. The Morgan fingerprint density at radius 1 is 1.29 bits per heavy atom. The largest absolute Gasteiger partial charge is 0.416 e. The fourth-order valence-electron chi connectivity index (χ4n) is 2.98. The van der Waals surface area contributed by atoms with Gasteiger partial charge in [0.25, 0.3) is 0 Å². The van der Waals surface area contributed by atoms with Crippen molar-refractivity contribution in [2.75, 3.05) is 19.7 Å². The number of hydrogen-bond acceptors (Lipinski definition) is 2. The second-order valence-electron chi connectivity index (χ2n) is 6.34. The Morgan fingerprint density at radius 3 is 2.43 bits per heavy atom. The van der Waals surface area contributed by atoms with E-state index in [9.17, 15) is 18.3 Å². The minimum absolute atomic E-state index is 0.0541. The molecule has 2 unspecified atom stereocenters. The van der Waals surface area contributed by atoms with Gasteiger partial charge in [-0.15, -0.1) is 0 Å². The maximum atomic E-state index is 12.6. The van der Waals surface area contributed by atoms with Gasteiger partial charge in [-0.05, 0) is 44.0 Å². The van der Waals surface area contributed by atoms with Crippen molar-refractivity contribution in [2.45, 2.75) is 38.9 Å². The van der Waals surface area contributed by atoms with Crippen LogP contribution in [0.2, 0.25) is 0 Å². The molecule has 2 atom stereocenters. The lowest BCUT2D eigenvalue weighted by molar-refractivity contribution is -0.137. The van der Waals surface area contributed by atoms with Crippen molar-refractivity contribution >= 4 is 0 Å². The molecule has 1 aliphatic rings. The Morgan fingerprint density at radius 2 is 1.90 bits per heavy atom. The summed E-state index contributed by atoms with van der Waals surface area (Å²) in [5.41, 5.74) is 0.154. The van der Waals surface area contributed by atoms with Crippen LogP contribution in [0.25, 0.3) is 0 Å². The van der Waals surface area contributed by atoms with E-state index in [1.165, 1.54) is 0 Å². The molecule has 2 nitrogen and oxygen atoms in total. The van der Waals surface area contributed by atoms with Crippen LogP contribution in [-0.2, 0) is 6.18 Å². The molecule has 1 heterocycles. The molecule has 1 aliphatic heterocycles. The third-order valence-electron chi connectivity index (χ3n) is 4.46. The number of rotatable bonds is 3. The predicted molar refractivity (Wildman–Crippen MR) is 75.9 cm³/mol. The number of nitrogens with zero attached hydrogens (tertiary/aromatic N) is 1. The van der Waals surface area contributed by atoms with Gasteiger partial charge in [-0.1, -0.05) is 19.1 Å². The van der Waals surface area contributed by atoms with E-state index in [0.717, 1.165) is 43.6 Å². The molecule has 0 saturated carbocycles. The van der Waals surface area contributed by atoms with Gasteiger partial charge in [0.15, 0.2) is 0 Å². The number of hydrogen-bond donors (Lipinski definition) is 1. The second kappa shape index (κ2) is 5.97. The molecule has 0 aliphatic carbocycles. The third kappa shape index (κ3) is 3.77. The number of alkyl halides is 3. The van der Waals surface area contributed by atoms with Crippen molar-refractivity contribution < 1.29 is 18.3 Å². The summed E-state index contributed by atoms with van der Waals surface area (Å²) in [7, 11) is 0. The molecular weight excluding hydrogens is 279 g/mol.